The molecule has 0 aromatic heterocycles. The Morgan fingerprint density at radius 3 is 2.78 bits per heavy atom. The second kappa shape index (κ2) is 8.50. The average molecular weight is 320 g/mol. The van der Waals surface area contributed by atoms with Crippen molar-refractivity contribution in [2.45, 2.75) is 19.4 Å². The van der Waals surface area contributed by atoms with Crippen LogP contribution in [0.25, 0.3) is 0 Å². The number of hydrogen-bond donors (Lipinski definition) is 3. The second-order valence-corrected chi connectivity index (χ2v) is 5.47. The summed E-state index contributed by atoms with van der Waals surface area (Å²) in [7, 11) is 0. The Bertz CT molecular complexity index is 533. The fourth-order valence-electron chi connectivity index (χ4n) is 2.45. The van der Waals surface area contributed by atoms with Gasteiger partial charge in [0.25, 0.3) is 0 Å². The highest BCUT2D eigenvalue weighted by molar-refractivity contribution is 5.84. The number of nitrogens with two attached hydrogens (primary N) is 1. The Labute approximate surface area is 136 Å². The number of benzene rings is 1. The molecule has 7 nitrogen and oxygen atoms in total. The molecule has 1 aromatic carbocycles. The van der Waals surface area contributed by atoms with Crippen LogP contribution in [-0.4, -0.2) is 55.7 Å². The molecule has 1 atom stereocenters. The maximum absolute atomic E-state index is 11.8. The summed E-state index contributed by atoms with van der Waals surface area (Å²) in [4.78, 5) is 25.1. The number of nitrogens with zero attached hydrogens (tertiary/aromatic N) is 1. The van der Waals surface area contributed by atoms with Crippen molar-refractivity contribution < 1.29 is 14.3 Å². The molecule has 0 saturated carbocycles. The lowest BCUT2D eigenvalue weighted by Gasteiger charge is -2.33. The van der Waals surface area contributed by atoms with Crippen LogP contribution in [0.4, 0.5) is 10.5 Å². The van der Waals surface area contributed by atoms with Gasteiger partial charge in [-0.15, -0.1) is 0 Å². The number of piperazine rings is 1. The highest BCUT2D eigenvalue weighted by Gasteiger charge is 2.23. The zero-order valence-electron chi connectivity index (χ0n) is 13.4. The van der Waals surface area contributed by atoms with Crippen LogP contribution in [0.5, 0.6) is 0 Å². The number of hydrogen-bond acceptors (Lipinski definition) is 5. The number of rotatable bonds is 5. The Kier molecular flexibility index (Phi) is 6.37. The number of carbonyl (C=O) groups excluding carboxylic acids is 2. The minimum Gasteiger partial charge on any atom is -0.448 e. The molecule has 0 aliphatic carbocycles. The standard InChI is InChI=1S/C16H24N4O3/c1-2-12-3-5-13(6-4-12)19-16(22)23-11-14-10-20(8-7-18-14)15(21)9-17/h3-6,14,18H,2,7-11,17H2,1H3,(H,19,22). The fraction of sp³-hybridized carbons (Fsp3) is 0.500. The lowest BCUT2D eigenvalue weighted by Crippen LogP contribution is -2.55. The summed E-state index contributed by atoms with van der Waals surface area (Å²) in [5.41, 5.74) is 7.28. The molecule has 4 N–H and O–H groups in total. The Morgan fingerprint density at radius 1 is 1.39 bits per heavy atom. The van der Waals surface area contributed by atoms with E-state index in [4.69, 9.17) is 10.5 Å². The summed E-state index contributed by atoms with van der Waals surface area (Å²) < 4.78 is 5.22. The highest BCUT2D eigenvalue weighted by Crippen LogP contribution is 2.10. The zero-order valence-corrected chi connectivity index (χ0v) is 13.4. The summed E-state index contributed by atoms with van der Waals surface area (Å²) in [5.74, 6) is -0.0861. The SMILES string of the molecule is CCc1ccc(NC(=O)OCC2CN(C(=O)CN)CCN2)cc1. The largest absolute Gasteiger partial charge is 0.448 e. The molecule has 1 saturated heterocycles. The molecule has 0 radical (unpaired) electrons. The third-order valence-electron chi connectivity index (χ3n) is 3.81. The highest BCUT2D eigenvalue weighted by atomic mass is 16.5. The van der Waals surface area contributed by atoms with Gasteiger partial charge in [0.15, 0.2) is 0 Å². The van der Waals surface area contributed by atoms with Gasteiger partial charge in [-0.3, -0.25) is 10.1 Å². The van der Waals surface area contributed by atoms with Crippen molar-refractivity contribution in [3.05, 3.63) is 29.8 Å². The second-order valence-electron chi connectivity index (χ2n) is 5.47. The molecule has 1 unspecified atom stereocenters. The van der Waals surface area contributed by atoms with Crippen LogP contribution in [0.15, 0.2) is 24.3 Å². The van der Waals surface area contributed by atoms with E-state index >= 15 is 0 Å². The van der Waals surface area contributed by atoms with Gasteiger partial charge in [-0.05, 0) is 24.1 Å². The molecule has 0 bridgehead atoms. The average Bonchev–Trinajstić information content (AvgIpc) is 2.60. The summed E-state index contributed by atoms with van der Waals surface area (Å²) >= 11 is 0. The van der Waals surface area contributed by atoms with Crippen molar-refractivity contribution in [1.29, 1.82) is 0 Å². The van der Waals surface area contributed by atoms with Crippen LogP contribution < -0.4 is 16.4 Å². The van der Waals surface area contributed by atoms with E-state index < -0.39 is 6.09 Å². The molecular weight excluding hydrogens is 296 g/mol. The smallest absolute Gasteiger partial charge is 0.411 e. The molecule has 23 heavy (non-hydrogen) atoms. The number of ether oxygens (including phenoxy) is 1. The molecule has 2 amide bonds. The molecule has 1 aliphatic rings. The molecule has 1 aliphatic heterocycles. The van der Waals surface area contributed by atoms with Gasteiger partial charge in [0.05, 0.1) is 12.6 Å². The molecule has 1 fully saturated rings. The molecule has 2 rings (SSSR count). The first kappa shape index (κ1) is 17.2. The van der Waals surface area contributed by atoms with Crippen LogP contribution >= 0.6 is 0 Å². The van der Waals surface area contributed by atoms with Gasteiger partial charge in [0, 0.05) is 25.3 Å². The topological polar surface area (TPSA) is 96.7 Å². The van der Waals surface area contributed by atoms with Crippen molar-refractivity contribution in [2.24, 2.45) is 5.73 Å². The third kappa shape index (κ3) is 5.22. The van der Waals surface area contributed by atoms with Crippen LogP contribution in [0.1, 0.15) is 12.5 Å². The molecule has 1 heterocycles. The summed E-state index contributed by atoms with van der Waals surface area (Å²) in [6.45, 7) is 4.07. The van der Waals surface area contributed by atoms with Crippen molar-refractivity contribution in [3.63, 3.8) is 0 Å². The van der Waals surface area contributed by atoms with Gasteiger partial charge in [-0.2, -0.15) is 0 Å². The van der Waals surface area contributed by atoms with Crippen molar-refractivity contribution in [3.8, 4) is 0 Å². The van der Waals surface area contributed by atoms with Crippen molar-refractivity contribution >= 4 is 17.7 Å². The molecule has 1 aromatic rings. The fourth-order valence-corrected chi connectivity index (χ4v) is 2.45. The molecule has 7 heteroatoms. The molecule has 0 spiro atoms. The first-order chi connectivity index (χ1) is 11.1. The zero-order chi connectivity index (χ0) is 16.7. The number of aryl methyl sites for hydroxylation is 1. The van der Waals surface area contributed by atoms with E-state index in [0.29, 0.717) is 25.3 Å². The number of carbonyl (C=O) groups is 2. The maximum Gasteiger partial charge on any atom is 0.411 e. The van der Waals surface area contributed by atoms with E-state index in [1.165, 1.54) is 5.56 Å². The lowest BCUT2D eigenvalue weighted by molar-refractivity contribution is -0.131. The number of amides is 2. The maximum atomic E-state index is 11.8. The predicted octanol–water partition coefficient (Wildman–Crippen LogP) is 0.557. The lowest BCUT2D eigenvalue weighted by atomic mass is 10.1. The number of anilines is 1. The van der Waals surface area contributed by atoms with Gasteiger partial charge < -0.3 is 20.7 Å². The van der Waals surface area contributed by atoms with Gasteiger partial charge in [0.2, 0.25) is 5.91 Å². The van der Waals surface area contributed by atoms with Crippen molar-refractivity contribution in [2.75, 3.05) is 38.1 Å². The van der Waals surface area contributed by atoms with E-state index in [1.807, 2.05) is 24.3 Å². The Morgan fingerprint density at radius 2 is 2.13 bits per heavy atom. The molecule has 126 valence electrons. The summed E-state index contributed by atoms with van der Waals surface area (Å²) in [5, 5.41) is 5.91. The molecular formula is C16H24N4O3. The third-order valence-corrected chi connectivity index (χ3v) is 3.81. The van der Waals surface area contributed by atoms with Gasteiger partial charge in [-0.25, -0.2) is 4.79 Å². The van der Waals surface area contributed by atoms with Gasteiger partial charge in [-0.1, -0.05) is 19.1 Å². The van der Waals surface area contributed by atoms with E-state index in [-0.39, 0.29) is 25.1 Å². The summed E-state index contributed by atoms with van der Waals surface area (Å²) in [6, 6.07) is 7.55. The Hall–Kier alpha value is -2.12. The monoisotopic (exact) mass is 320 g/mol. The minimum atomic E-state index is -0.502. The van der Waals surface area contributed by atoms with Crippen LogP contribution in [0, 0.1) is 0 Å². The van der Waals surface area contributed by atoms with Crippen LogP contribution in [0.2, 0.25) is 0 Å². The van der Waals surface area contributed by atoms with Gasteiger partial charge in [0.1, 0.15) is 6.61 Å². The predicted molar refractivity (Wildman–Crippen MR) is 88.2 cm³/mol. The first-order valence-corrected chi connectivity index (χ1v) is 7.86. The Balaban J connectivity index is 1.76. The van der Waals surface area contributed by atoms with Crippen LogP contribution in [-0.2, 0) is 16.0 Å². The minimum absolute atomic E-state index is 0.00180. The van der Waals surface area contributed by atoms with Gasteiger partial charge >= 0.3 is 6.09 Å². The normalized spacial score (nSPS) is 17.7. The quantitative estimate of drug-likeness (QED) is 0.736. The van der Waals surface area contributed by atoms with E-state index in [9.17, 15) is 9.59 Å². The van der Waals surface area contributed by atoms with Crippen molar-refractivity contribution in [1.82, 2.24) is 10.2 Å². The number of nitrogens with one attached hydrogen (secondary N) is 2. The van der Waals surface area contributed by atoms with E-state index in [1.54, 1.807) is 4.90 Å². The van der Waals surface area contributed by atoms with Crippen LogP contribution in [0.3, 0.4) is 0 Å². The van der Waals surface area contributed by atoms with E-state index in [2.05, 4.69) is 17.6 Å². The summed E-state index contributed by atoms with van der Waals surface area (Å²) in [6.07, 6.45) is 0.453. The van der Waals surface area contributed by atoms with E-state index in [0.717, 1.165) is 6.42 Å². The first-order valence-electron chi connectivity index (χ1n) is 7.86.